The van der Waals surface area contributed by atoms with Crippen LogP contribution in [0.3, 0.4) is 0 Å². The van der Waals surface area contributed by atoms with Gasteiger partial charge in [-0.15, -0.1) is 11.3 Å². The van der Waals surface area contributed by atoms with Crippen LogP contribution in [0.2, 0.25) is 0 Å². The molecule has 0 fully saturated rings. The number of hydrogen-bond acceptors (Lipinski definition) is 3. The van der Waals surface area contributed by atoms with Gasteiger partial charge in [-0.05, 0) is 36.8 Å². The molecule has 0 aliphatic heterocycles. The molecule has 1 heterocycles. The highest BCUT2D eigenvalue weighted by Crippen LogP contribution is 2.18. The van der Waals surface area contributed by atoms with E-state index in [1.54, 1.807) is 11.5 Å². The zero-order valence-electron chi connectivity index (χ0n) is 9.08. The molecule has 5 heteroatoms. The van der Waals surface area contributed by atoms with Gasteiger partial charge < -0.3 is 5.73 Å². The summed E-state index contributed by atoms with van der Waals surface area (Å²) in [7, 11) is 0. The van der Waals surface area contributed by atoms with E-state index in [1.807, 2.05) is 0 Å². The van der Waals surface area contributed by atoms with Crippen molar-refractivity contribution >= 4 is 28.6 Å². The van der Waals surface area contributed by atoms with Crippen LogP contribution >= 0.6 is 11.3 Å². The van der Waals surface area contributed by atoms with Crippen LogP contribution in [0.25, 0.3) is 12.2 Å². The number of benzene rings is 1. The SMILES string of the molecule is Cc1cc(F)c(C=Cc2csc(N)n2)cc1F. The standard InChI is InChI=1S/C12H10F2N2S/c1-7-4-11(14)8(5-10(7)13)2-3-9-6-17-12(15)16-9/h2-6H,1H3,(H2,15,16). The van der Waals surface area contributed by atoms with Crippen LogP contribution in [0.1, 0.15) is 16.8 Å². The number of nitrogens with zero attached hydrogens (tertiary/aromatic N) is 1. The van der Waals surface area contributed by atoms with E-state index in [-0.39, 0.29) is 11.1 Å². The molecule has 0 spiro atoms. The van der Waals surface area contributed by atoms with Crippen molar-refractivity contribution in [1.82, 2.24) is 4.98 Å². The first-order valence-electron chi connectivity index (χ1n) is 4.91. The maximum Gasteiger partial charge on any atom is 0.180 e. The van der Waals surface area contributed by atoms with Gasteiger partial charge in [0.25, 0.3) is 0 Å². The smallest absolute Gasteiger partial charge is 0.180 e. The van der Waals surface area contributed by atoms with Gasteiger partial charge in [0.05, 0.1) is 5.69 Å². The van der Waals surface area contributed by atoms with Crippen molar-refractivity contribution in [2.45, 2.75) is 6.92 Å². The summed E-state index contributed by atoms with van der Waals surface area (Å²) in [6, 6.07) is 2.33. The van der Waals surface area contributed by atoms with Crippen LogP contribution in [0.4, 0.5) is 13.9 Å². The molecule has 0 unspecified atom stereocenters. The number of anilines is 1. The third kappa shape index (κ3) is 2.68. The highest BCUT2D eigenvalue weighted by molar-refractivity contribution is 7.13. The number of thiazole rings is 1. The van der Waals surface area contributed by atoms with E-state index < -0.39 is 11.6 Å². The fourth-order valence-corrected chi connectivity index (χ4v) is 1.87. The van der Waals surface area contributed by atoms with E-state index in [0.29, 0.717) is 10.8 Å². The summed E-state index contributed by atoms with van der Waals surface area (Å²) < 4.78 is 26.7. The maximum atomic E-state index is 13.5. The van der Waals surface area contributed by atoms with Crippen molar-refractivity contribution in [2.24, 2.45) is 0 Å². The van der Waals surface area contributed by atoms with E-state index in [0.717, 1.165) is 6.07 Å². The molecule has 0 bridgehead atoms. The molecule has 0 atom stereocenters. The van der Waals surface area contributed by atoms with Gasteiger partial charge in [0.1, 0.15) is 11.6 Å². The lowest BCUT2D eigenvalue weighted by molar-refractivity contribution is 0.590. The van der Waals surface area contributed by atoms with Crippen molar-refractivity contribution in [3.63, 3.8) is 0 Å². The first-order valence-corrected chi connectivity index (χ1v) is 5.79. The maximum absolute atomic E-state index is 13.5. The first-order chi connectivity index (χ1) is 8.06. The summed E-state index contributed by atoms with van der Waals surface area (Å²) in [4.78, 5) is 3.99. The molecule has 2 nitrogen and oxygen atoms in total. The molecule has 17 heavy (non-hydrogen) atoms. The third-order valence-electron chi connectivity index (χ3n) is 2.25. The van der Waals surface area contributed by atoms with E-state index in [2.05, 4.69) is 4.98 Å². The van der Waals surface area contributed by atoms with E-state index in [9.17, 15) is 8.78 Å². The Morgan fingerprint density at radius 3 is 2.65 bits per heavy atom. The van der Waals surface area contributed by atoms with Gasteiger partial charge in [0.2, 0.25) is 0 Å². The zero-order valence-corrected chi connectivity index (χ0v) is 9.89. The third-order valence-corrected chi connectivity index (χ3v) is 2.94. The van der Waals surface area contributed by atoms with Gasteiger partial charge in [-0.25, -0.2) is 13.8 Å². The summed E-state index contributed by atoms with van der Waals surface area (Å²) in [5.41, 5.74) is 6.58. The zero-order chi connectivity index (χ0) is 12.4. The lowest BCUT2D eigenvalue weighted by Crippen LogP contribution is -1.89. The average molecular weight is 252 g/mol. The minimum Gasteiger partial charge on any atom is -0.375 e. The molecular formula is C12H10F2N2S. The number of aromatic nitrogens is 1. The predicted molar refractivity (Wildman–Crippen MR) is 66.5 cm³/mol. The molecule has 1 aromatic heterocycles. The Kier molecular flexibility index (Phi) is 3.19. The Hall–Kier alpha value is -1.75. The number of rotatable bonds is 2. The number of nitrogen functional groups attached to an aromatic ring is 1. The lowest BCUT2D eigenvalue weighted by atomic mass is 10.1. The second-order valence-corrected chi connectivity index (χ2v) is 4.46. The van der Waals surface area contributed by atoms with Crippen LogP contribution < -0.4 is 5.73 Å². The monoisotopic (exact) mass is 252 g/mol. The average Bonchev–Trinajstić information content (AvgIpc) is 2.68. The summed E-state index contributed by atoms with van der Waals surface area (Å²) in [5.74, 6) is -0.882. The second-order valence-electron chi connectivity index (χ2n) is 3.57. The molecule has 1 aromatic carbocycles. The molecule has 0 radical (unpaired) electrons. The predicted octanol–water partition coefficient (Wildman–Crippen LogP) is 3.48. The molecule has 0 aliphatic rings. The van der Waals surface area contributed by atoms with Gasteiger partial charge in [-0.2, -0.15) is 0 Å². The van der Waals surface area contributed by atoms with Gasteiger partial charge in [-0.3, -0.25) is 0 Å². The van der Waals surface area contributed by atoms with Gasteiger partial charge >= 0.3 is 0 Å². The Morgan fingerprint density at radius 1 is 1.24 bits per heavy atom. The quantitative estimate of drug-likeness (QED) is 0.888. The highest BCUT2D eigenvalue weighted by Gasteiger charge is 2.04. The molecule has 2 aromatic rings. The molecule has 0 aliphatic carbocycles. The van der Waals surface area contributed by atoms with Crippen LogP contribution in [-0.2, 0) is 0 Å². The molecule has 88 valence electrons. The highest BCUT2D eigenvalue weighted by atomic mass is 32.1. The van der Waals surface area contributed by atoms with Crippen molar-refractivity contribution in [3.8, 4) is 0 Å². The fourth-order valence-electron chi connectivity index (χ4n) is 1.34. The topological polar surface area (TPSA) is 38.9 Å². The largest absolute Gasteiger partial charge is 0.375 e. The van der Waals surface area contributed by atoms with Crippen LogP contribution in [0.5, 0.6) is 0 Å². The summed E-state index contributed by atoms with van der Waals surface area (Å²) in [5, 5.41) is 2.19. The lowest BCUT2D eigenvalue weighted by Gasteiger charge is -2.00. The second kappa shape index (κ2) is 4.63. The van der Waals surface area contributed by atoms with Gasteiger partial charge in [-0.1, -0.05) is 0 Å². The van der Waals surface area contributed by atoms with Crippen molar-refractivity contribution in [2.75, 3.05) is 5.73 Å². The number of hydrogen-bond donors (Lipinski definition) is 1. The molecular weight excluding hydrogens is 242 g/mol. The normalized spacial score (nSPS) is 11.2. The number of halogens is 2. The van der Waals surface area contributed by atoms with E-state index in [4.69, 9.17) is 5.73 Å². The van der Waals surface area contributed by atoms with Crippen molar-refractivity contribution < 1.29 is 8.78 Å². The Balaban J connectivity index is 2.30. The van der Waals surface area contributed by atoms with Gasteiger partial charge in [0, 0.05) is 10.9 Å². The Bertz CT molecular complexity index is 576. The van der Waals surface area contributed by atoms with Crippen molar-refractivity contribution in [3.05, 3.63) is 46.0 Å². The minimum atomic E-state index is -0.455. The first kappa shape index (κ1) is 11.7. The van der Waals surface area contributed by atoms with Crippen LogP contribution in [0, 0.1) is 18.6 Å². The van der Waals surface area contributed by atoms with Crippen LogP contribution in [-0.4, -0.2) is 4.98 Å². The number of nitrogens with two attached hydrogens (primary N) is 1. The summed E-state index contributed by atoms with van der Waals surface area (Å²) in [6.07, 6.45) is 3.08. The van der Waals surface area contributed by atoms with Gasteiger partial charge in [0.15, 0.2) is 5.13 Å². The molecule has 2 rings (SSSR count). The Morgan fingerprint density at radius 2 is 2.00 bits per heavy atom. The summed E-state index contributed by atoms with van der Waals surface area (Å²) >= 11 is 1.30. The molecule has 0 saturated carbocycles. The van der Waals surface area contributed by atoms with E-state index in [1.165, 1.54) is 30.4 Å². The van der Waals surface area contributed by atoms with Crippen molar-refractivity contribution in [1.29, 1.82) is 0 Å². The summed E-state index contributed by atoms with van der Waals surface area (Å²) in [6.45, 7) is 1.52. The fraction of sp³-hybridized carbons (Fsp3) is 0.0833. The Labute approximate surface area is 101 Å². The van der Waals surface area contributed by atoms with E-state index >= 15 is 0 Å². The minimum absolute atomic E-state index is 0.194. The molecule has 0 saturated heterocycles. The molecule has 0 amide bonds. The van der Waals surface area contributed by atoms with Crippen LogP contribution in [0.15, 0.2) is 17.5 Å². The molecule has 2 N–H and O–H groups in total. The number of aryl methyl sites for hydroxylation is 1.